The van der Waals surface area contributed by atoms with Crippen LogP contribution < -0.4 is 5.32 Å². The molecular formula is C13H24N4. The van der Waals surface area contributed by atoms with Gasteiger partial charge >= 0.3 is 0 Å². The number of nitrogens with zero attached hydrogens (tertiary/aromatic N) is 3. The van der Waals surface area contributed by atoms with Crippen molar-refractivity contribution in [1.82, 2.24) is 14.5 Å². The first-order chi connectivity index (χ1) is 8.16. The van der Waals surface area contributed by atoms with Gasteiger partial charge in [0.05, 0.1) is 0 Å². The number of nitrogens with one attached hydrogen (secondary N) is 1. The van der Waals surface area contributed by atoms with Gasteiger partial charge in [-0.3, -0.25) is 0 Å². The molecule has 0 saturated heterocycles. The quantitative estimate of drug-likeness (QED) is 0.786. The van der Waals surface area contributed by atoms with Gasteiger partial charge in [-0.05, 0) is 25.8 Å². The molecule has 0 aliphatic heterocycles. The lowest BCUT2D eigenvalue weighted by Crippen LogP contribution is -2.27. The van der Waals surface area contributed by atoms with Crippen LogP contribution in [0.2, 0.25) is 0 Å². The molecular weight excluding hydrogens is 212 g/mol. The Hall–Kier alpha value is -1.03. The van der Waals surface area contributed by atoms with Gasteiger partial charge < -0.3 is 14.8 Å². The summed E-state index contributed by atoms with van der Waals surface area (Å²) in [5.41, 5.74) is 0. The molecule has 1 N–H and O–H groups in total. The summed E-state index contributed by atoms with van der Waals surface area (Å²) in [6.45, 7) is 7.55. The molecule has 96 valence electrons. The number of imidazole rings is 1. The summed E-state index contributed by atoms with van der Waals surface area (Å²) < 4.78 is 2.20. The molecule has 1 saturated carbocycles. The normalized spacial score (nSPS) is 15.8. The summed E-state index contributed by atoms with van der Waals surface area (Å²) in [5, 5.41) is 3.42. The summed E-state index contributed by atoms with van der Waals surface area (Å²) in [6.07, 6.45) is 6.67. The van der Waals surface area contributed by atoms with E-state index in [0.717, 1.165) is 31.6 Å². The van der Waals surface area contributed by atoms with Crippen molar-refractivity contribution in [2.24, 2.45) is 5.92 Å². The molecule has 1 aliphatic rings. The van der Waals surface area contributed by atoms with Crippen molar-refractivity contribution in [3.63, 3.8) is 0 Å². The van der Waals surface area contributed by atoms with E-state index in [1.165, 1.54) is 12.8 Å². The third-order valence-electron chi connectivity index (χ3n) is 3.20. The maximum Gasteiger partial charge on any atom is 0.202 e. The lowest BCUT2D eigenvalue weighted by atomic mass is 10.2. The molecule has 2 rings (SSSR count). The first-order valence-corrected chi connectivity index (χ1v) is 6.62. The molecule has 1 aromatic rings. The Morgan fingerprint density at radius 3 is 2.94 bits per heavy atom. The lowest BCUT2D eigenvalue weighted by Gasteiger charge is -2.17. The molecule has 0 bridgehead atoms. The highest BCUT2D eigenvalue weighted by atomic mass is 15.2. The molecule has 1 fully saturated rings. The SMILES string of the molecule is CC(C)Cn1ccnc1NCCN(C)C1CC1. The number of aromatic nitrogens is 2. The van der Waals surface area contributed by atoms with E-state index in [4.69, 9.17) is 0 Å². The fourth-order valence-electron chi connectivity index (χ4n) is 2.06. The second kappa shape index (κ2) is 5.54. The first-order valence-electron chi connectivity index (χ1n) is 6.62. The van der Waals surface area contributed by atoms with Gasteiger partial charge in [-0.1, -0.05) is 13.8 Å². The van der Waals surface area contributed by atoms with E-state index in [1.54, 1.807) is 0 Å². The summed E-state index contributed by atoms with van der Waals surface area (Å²) in [5.74, 6) is 1.65. The van der Waals surface area contributed by atoms with Gasteiger partial charge in [0.2, 0.25) is 5.95 Å². The van der Waals surface area contributed by atoms with Gasteiger partial charge in [0, 0.05) is 38.1 Å². The number of rotatable bonds is 7. The molecule has 0 atom stereocenters. The number of hydrogen-bond donors (Lipinski definition) is 1. The molecule has 0 amide bonds. The Kier molecular flexibility index (Phi) is 4.05. The molecule has 1 aliphatic carbocycles. The smallest absolute Gasteiger partial charge is 0.202 e. The van der Waals surface area contributed by atoms with Crippen LogP contribution in [0, 0.1) is 5.92 Å². The van der Waals surface area contributed by atoms with Gasteiger partial charge in [0.25, 0.3) is 0 Å². The first kappa shape index (κ1) is 12.4. The van der Waals surface area contributed by atoms with Crippen molar-refractivity contribution < 1.29 is 0 Å². The Balaban J connectivity index is 1.75. The molecule has 1 aromatic heterocycles. The zero-order chi connectivity index (χ0) is 12.3. The average Bonchev–Trinajstić information content (AvgIpc) is 3.03. The van der Waals surface area contributed by atoms with Crippen LogP contribution in [0.15, 0.2) is 12.4 Å². The zero-order valence-electron chi connectivity index (χ0n) is 11.2. The summed E-state index contributed by atoms with van der Waals surface area (Å²) >= 11 is 0. The standard InChI is InChI=1S/C13H24N4/c1-11(2)10-17-9-7-15-13(17)14-6-8-16(3)12-4-5-12/h7,9,11-12H,4-6,8,10H2,1-3H3,(H,14,15). The number of anilines is 1. The Morgan fingerprint density at radius 1 is 1.53 bits per heavy atom. The highest BCUT2D eigenvalue weighted by Gasteiger charge is 2.25. The van der Waals surface area contributed by atoms with E-state index in [9.17, 15) is 0 Å². The Bertz CT molecular complexity index is 341. The van der Waals surface area contributed by atoms with Crippen molar-refractivity contribution >= 4 is 5.95 Å². The number of likely N-dealkylation sites (N-methyl/N-ethyl adjacent to an activating group) is 1. The molecule has 4 heteroatoms. The van der Waals surface area contributed by atoms with Gasteiger partial charge in [-0.2, -0.15) is 0 Å². The van der Waals surface area contributed by atoms with Crippen molar-refractivity contribution in [3.05, 3.63) is 12.4 Å². The molecule has 0 aromatic carbocycles. The van der Waals surface area contributed by atoms with Crippen LogP contribution in [-0.4, -0.2) is 40.6 Å². The molecule has 0 radical (unpaired) electrons. The Labute approximate surface area is 104 Å². The van der Waals surface area contributed by atoms with E-state index in [-0.39, 0.29) is 0 Å². The molecule has 0 spiro atoms. The van der Waals surface area contributed by atoms with Crippen molar-refractivity contribution in [2.75, 3.05) is 25.5 Å². The summed E-state index contributed by atoms with van der Waals surface area (Å²) in [4.78, 5) is 6.79. The third kappa shape index (κ3) is 3.73. The molecule has 1 heterocycles. The molecule has 17 heavy (non-hydrogen) atoms. The van der Waals surface area contributed by atoms with Crippen LogP contribution in [-0.2, 0) is 6.54 Å². The average molecular weight is 236 g/mol. The van der Waals surface area contributed by atoms with E-state index in [0.29, 0.717) is 5.92 Å². The highest BCUT2D eigenvalue weighted by Crippen LogP contribution is 2.24. The summed E-state index contributed by atoms with van der Waals surface area (Å²) in [7, 11) is 2.21. The topological polar surface area (TPSA) is 33.1 Å². The Morgan fingerprint density at radius 2 is 2.29 bits per heavy atom. The second-order valence-corrected chi connectivity index (χ2v) is 5.44. The van der Waals surface area contributed by atoms with E-state index < -0.39 is 0 Å². The minimum atomic E-state index is 0.652. The van der Waals surface area contributed by atoms with Crippen molar-refractivity contribution in [1.29, 1.82) is 0 Å². The van der Waals surface area contributed by atoms with Gasteiger partial charge in [0.15, 0.2) is 0 Å². The molecule has 0 unspecified atom stereocenters. The predicted octanol–water partition coefficient (Wildman–Crippen LogP) is 2.05. The minimum absolute atomic E-state index is 0.652. The van der Waals surface area contributed by atoms with Crippen LogP contribution in [0.5, 0.6) is 0 Å². The minimum Gasteiger partial charge on any atom is -0.354 e. The van der Waals surface area contributed by atoms with Crippen LogP contribution in [0.25, 0.3) is 0 Å². The van der Waals surface area contributed by atoms with E-state index >= 15 is 0 Å². The monoisotopic (exact) mass is 236 g/mol. The van der Waals surface area contributed by atoms with Gasteiger partial charge in [-0.15, -0.1) is 0 Å². The van der Waals surface area contributed by atoms with Crippen LogP contribution in [0.4, 0.5) is 5.95 Å². The predicted molar refractivity (Wildman–Crippen MR) is 71.2 cm³/mol. The zero-order valence-corrected chi connectivity index (χ0v) is 11.2. The fourth-order valence-corrected chi connectivity index (χ4v) is 2.06. The van der Waals surface area contributed by atoms with E-state index in [2.05, 4.69) is 40.7 Å². The maximum absolute atomic E-state index is 4.36. The van der Waals surface area contributed by atoms with Gasteiger partial charge in [-0.25, -0.2) is 4.98 Å². The van der Waals surface area contributed by atoms with Crippen molar-refractivity contribution in [3.8, 4) is 0 Å². The lowest BCUT2D eigenvalue weighted by molar-refractivity contribution is 0.336. The largest absolute Gasteiger partial charge is 0.354 e. The fraction of sp³-hybridized carbons (Fsp3) is 0.769. The maximum atomic E-state index is 4.36. The second-order valence-electron chi connectivity index (χ2n) is 5.44. The third-order valence-corrected chi connectivity index (χ3v) is 3.20. The highest BCUT2D eigenvalue weighted by molar-refractivity contribution is 5.25. The number of hydrogen-bond acceptors (Lipinski definition) is 3. The van der Waals surface area contributed by atoms with Crippen LogP contribution >= 0.6 is 0 Å². The van der Waals surface area contributed by atoms with E-state index in [1.807, 2.05) is 12.4 Å². The van der Waals surface area contributed by atoms with Crippen LogP contribution in [0.3, 0.4) is 0 Å². The van der Waals surface area contributed by atoms with Gasteiger partial charge in [0.1, 0.15) is 0 Å². The van der Waals surface area contributed by atoms with Crippen LogP contribution in [0.1, 0.15) is 26.7 Å². The molecule has 4 nitrogen and oxygen atoms in total. The van der Waals surface area contributed by atoms with Crippen molar-refractivity contribution in [2.45, 2.75) is 39.3 Å². The summed E-state index contributed by atoms with van der Waals surface area (Å²) in [6, 6.07) is 0.840.